The van der Waals surface area contributed by atoms with E-state index in [2.05, 4.69) is 29.4 Å². The predicted molar refractivity (Wildman–Crippen MR) is 109 cm³/mol. The third-order valence-corrected chi connectivity index (χ3v) is 5.17. The van der Waals surface area contributed by atoms with Crippen molar-refractivity contribution in [2.45, 2.75) is 38.1 Å². The second-order valence-electron chi connectivity index (χ2n) is 7.06. The van der Waals surface area contributed by atoms with Gasteiger partial charge in [0, 0.05) is 17.8 Å². The molecule has 0 aromatic heterocycles. The Morgan fingerprint density at radius 1 is 1.12 bits per heavy atom. The van der Waals surface area contributed by atoms with Gasteiger partial charge in [-0.2, -0.15) is 0 Å². The SMILES string of the molecule is CN1CCCCC1CCc1ccccc1NC(=O)/C=C/c1ccccc1. The van der Waals surface area contributed by atoms with Crippen molar-refractivity contribution in [3.05, 3.63) is 71.8 Å². The Bertz CT molecular complexity index is 739. The van der Waals surface area contributed by atoms with E-state index in [1.54, 1.807) is 6.08 Å². The number of hydrogen-bond donors (Lipinski definition) is 1. The van der Waals surface area contributed by atoms with Crippen LogP contribution < -0.4 is 5.32 Å². The Balaban J connectivity index is 1.59. The Hall–Kier alpha value is -2.39. The summed E-state index contributed by atoms with van der Waals surface area (Å²) in [6.45, 7) is 1.20. The van der Waals surface area contributed by atoms with Crippen molar-refractivity contribution < 1.29 is 4.79 Å². The third kappa shape index (κ3) is 5.30. The average Bonchev–Trinajstić information content (AvgIpc) is 2.68. The number of hydrogen-bond acceptors (Lipinski definition) is 2. The van der Waals surface area contributed by atoms with Gasteiger partial charge < -0.3 is 10.2 Å². The van der Waals surface area contributed by atoms with Gasteiger partial charge in [-0.1, -0.05) is 55.0 Å². The summed E-state index contributed by atoms with van der Waals surface area (Å²) in [5, 5.41) is 3.04. The minimum Gasteiger partial charge on any atom is -0.322 e. The molecule has 3 heteroatoms. The van der Waals surface area contributed by atoms with Crippen LogP contribution in [0.1, 0.15) is 36.8 Å². The lowest BCUT2D eigenvalue weighted by Gasteiger charge is -2.32. The number of carbonyl (C=O) groups is 1. The smallest absolute Gasteiger partial charge is 0.248 e. The molecule has 0 bridgehead atoms. The highest BCUT2D eigenvalue weighted by molar-refractivity contribution is 6.02. The molecule has 1 heterocycles. The number of para-hydroxylation sites is 1. The van der Waals surface area contributed by atoms with Gasteiger partial charge in [0.2, 0.25) is 5.91 Å². The summed E-state index contributed by atoms with van der Waals surface area (Å²) in [4.78, 5) is 14.8. The molecule has 3 rings (SSSR count). The van der Waals surface area contributed by atoms with E-state index in [1.165, 1.54) is 31.4 Å². The number of likely N-dealkylation sites (tertiary alicyclic amines) is 1. The minimum absolute atomic E-state index is 0.0870. The van der Waals surface area contributed by atoms with Crippen molar-refractivity contribution in [2.75, 3.05) is 18.9 Å². The standard InChI is InChI=1S/C23H28N2O/c1-25-18-8-7-12-21(25)16-15-20-11-5-6-13-22(20)24-23(26)17-14-19-9-3-2-4-10-19/h2-6,9-11,13-14,17,21H,7-8,12,15-16,18H2,1H3,(H,24,26)/b17-14+. The molecule has 0 aliphatic carbocycles. The van der Waals surface area contributed by atoms with Gasteiger partial charge in [0.05, 0.1) is 0 Å². The molecule has 1 aliphatic heterocycles. The van der Waals surface area contributed by atoms with E-state index in [0.29, 0.717) is 6.04 Å². The molecule has 1 aliphatic rings. The number of amides is 1. The highest BCUT2D eigenvalue weighted by Crippen LogP contribution is 2.23. The Labute approximate surface area is 156 Å². The van der Waals surface area contributed by atoms with Gasteiger partial charge in [0.1, 0.15) is 0 Å². The molecule has 1 unspecified atom stereocenters. The number of nitrogens with one attached hydrogen (secondary N) is 1. The van der Waals surface area contributed by atoms with Crippen LogP contribution in [0.3, 0.4) is 0 Å². The lowest BCUT2D eigenvalue weighted by molar-refractivity contribution is -0.111. The van der Waals surface area contributed by atoms with Crippen molar-refractivity contribution in [3.8, 4) is 0 Å². The van der Waals surface area contributed by atoms with Crippen LogP contribution in [-0.2, 0) is 11.2 Å². The highest BCUT2D eigenvalue weighted by atomic mass is 16.1. The van der Waals surface area contributed by atoms with Crippen LogP contribution in [0.4, 0.5) is 5.69 Å². The molecule has 1 amide bonds. The van der Waals surface area contributed by atoms with Crippen molar-refractivity contribution >= 4 is 17.7 Å². The fourth-order valence-electron chi connectivity index (χ4n) is 3.60. The second-order valence-corrected chi connectivity index (χ2v) is 7.06. The summed E-state index contributed by atoms with van der Waals surface area (Å²) in [6, 6.07) is 18.7. The van der Waals surface area contributed by atoms with Gasteiger partial charge in [0.25, 0.3) is 0 Å². The first kappa shape index (κ1) is 18.4. The number of carbonyl (C=O) groups excluding carboxylic acids is 1. The van der Waals surface area contributed by atoms with Gasteiger partial charge in [-0.15, -0.1) is 0 Å². The van der Waals surface area contributed by atoms with Crippen LogP contribution in [0.15, 0.2) is 60.7 Å². The predicted octanol–water partition coefficient (Wildman–Crippen LogP) is 4.76. The second kappa shape index (κ2) is 9.35. The summed E-state index contributed by atoms with van der Waals surface area (Å²) in [7, 11) is 2.23. The fraction of sp³-hybridized carbons (Fsp3) is 0.348. The molecule has 136 valence electrons. The zero-order valence-corrected chi connectivity index (χ0v) is 15.5. The maximum absolute atomic E-state index is 12.3. The molecule has 26 heavy (non-hydrogen) atoms. The molecule has 0 radical (unpaired) electrons. The number of aryl methyl sites for hydroxylation is 1. The monoisotopic (exact) mass is 348 g/mol. The average molecular weight is 348 g/mol. The van der Waals surface area contributed by atoms with E-state index >= 15 is 0 Å². The quantitative estimate of drug-likeness (QED) is 0.764. The molecule has 1 fully saturated rings. The van der Waals surface area contributed by atoms with E-state index in [1.807, 2.05) is 48.5 Å². The van der Waals surface area contributed by atoms with Crippen LogP contribution >= 0.6 is 0 Å². The number of anilines is 1. The number of rotatable bonds is 6. The summed E-state index contributed by atoms with van der Waals surface area (Å²) in [6.07, 6.45) is 9.50. The molecule has 2 aromatic rings. The highest BCUT2D eigenvalue weighted by Gasteiger charge is 2.18. The van der Waals surface area contributed by atoms with Crippen LogP contribution in [0.25, 0.3) is 6.08 Å². The summed E-state index contributed by atoms with van der Waals surface area (Å²) in [5.74, 6) is -0.0870. The Kier molecular flexibility index (Phi) is 6.62. The van der Waals surface area contributed by atoms with Gasteiger partial charge in [-0.25, -0.2) is 0 Å². The largest absolute Gasteiger partial charge is 0.322 e. The molecule has 2 aromatic carbocycles. The van der Waals surface area contributed by atoms with Crippen molar-refractivity contribution in [1.82, 2.24) is 4.90 Å². The Morgan fingerprint density at radius 3 is 2.69 bits per heavy atom. The maximum Gasteiger partial charge on any atom is 0.248 e. The van der Waals surface area contributed by atoms with Gasteiger partial charge in [-0.3, -0.25) is 4.79 Å². The van der Waals surface area contributed by atoms with Gasteiger partial charge >= 0.3 is 0 Å². The van der Waals surface area contributed by atoms with E-state index in [4.69, 9.17) is 0 Å². The molecule has 1 saturated heterocycles. The topological polar surface area (TPSA) is 32.3 Å². The van der Waals surface area contributed by atoms with Gasteiger partial charge in [-0.05, 0) is 62.5 Å². The molecular formula is C23H28N2O. The van der Waals surface area contributed by atoms with E-state index in [-0.39, 0.29) is 5.91 Å². The first-order valence-electron chi connectivity index (χ1n) is 9.54. The van der Waals surface area contributed by atoms with Crippen LogP contribution in [0.5, 0.6) is 0 Å². The first-order valence-corrected chi connectivity index (χ1v) is 9.54. The maximum atomic E-state index is 12.3. The molecule has 1 N–H and O–H groups in total. The first-order chi connectivity index (χ1) is 12.7. The minimum atomic E-state index is -0.0870. The molecular weight excluding hydrogens is 320 g/mol. The van der Waals surface area contributed by atoms with Crippen molar-refractivity contribution in [3.63, 3.8) is 0 Å². The van der Waals surface area contributed by atoms with Crippen LogP contribution in [0, 0.1) is 0 Å². The lowest BCUT2D eigenvalue weighted by atomic mass is 9.96. The number of piperidine rings is 1. The van der Waals surface area contributed by atoms with Gasteiger partial charge in [0.15, 0.2) is 0 Å². The Morgan fingerprint density at radius 2 is 1.88 bits per heavy atom. The molecule has 1 atom stereocenters. The normalized spacial score (nSPS) is 18.1. The molecule has 0 spiro atoms. The van der Waals surface area contributed by atoms with Crippen LogP contribution in [-0.4, -0.2) is 30.4 Å². The fourth-order valence-corrected chi connectivity index (χ4v) is 3.60. The summed E-state index contributed by atoms with van der Waals surface area (Å²) in [5.41, 5.74) is 3.16. The summed E-state index contributed by atoms with van der Waals surface area (Å²) < 4.78 is 0. The molecule has 3 nitrogen and oxygen atoms in total. The zero-order valence-electron chi connectivity index (χ0n) is 15.5. The van der Waals surface area contributed by atoms with E-state index in [0.717, 1.165) is 24.1 Å². The van der Waals surface area contributed by atoms with Crippen LogP contribution in [0.2, 0.25) is 0 Å². The lowest BCUT2D eigenvalue weighted by Crippen LogP contribution is -2.36. The molecule has 0 saturated carbocycles. The zero-order chi connectivity index (χ0) is 18.2. The summed E-state index contributed by atoms with van der Waals surface area (Å²) >= 11 is 0. The number of benzene rings is 2. The van der Waals surface area contributed by atoms with Crippen molar-refractivity contribution in [1.29, 1.82) is 0 Å². The van der Waals surface area contributed by atoms with E-state index < -0.39 is 0 Å². The van der Waals surface area contributed by atoms with E-state index in [9.17, 15) is 4.79 Å². The third-order valence-electron chi connectivity index (χ3n) is 5.17. The van der Waals surface area contributed by atoms with Crippen molar-refractivity contribution in [2.24, 2.45) is 0 Å². The number of nitrogens with zero attached hydrogens (tertiary/aromatic N) is 1.